The summed E-state index contributed by atoms with van der Waals surface area (Å²) in [4.78, 5) is 26.3. The minimum atomic E-state index is -0.304. The standard InChI is InChI=1S/C22H27N7O/c1-15(2)27-10-12-28(13-11-27)19-8-7-17(14-16(19)3)21(30)29-22(23)25-20(26-29)18-6-4-5-9-24-18/h4-9,14-15H,10-13H2,1-3H3,(H2,23,25,26). The van der Waals surface area contributed by atoms with Crippen LogP contribution in [-0.2, 0) is 0 Å². The van der Waals surface area contributed by atoms with Crippen LogP contribution in [-0.4, -0.2) is 62.8 Å². The summed E-state index contributed by atoms with van der Waals surface area (Å²) in [5.41, 5.74) is 9.29. The smallest absolute Gasteiger partial charge is 0.281 e. The molecule has 0 bridgehead atoms. The van der Waals surface area contributed by atoms with Crippen molar-refractivity contribution in [2.75, 3.05) is 36.8 Å². The van der Waals surface area contributed by atoms with Crippen LogP contribution in [0, 0.1) is 6.92 Å². The van der Waals surface area contributed by atoms with Crippen LogP contribution in [0.5, 0.6) is 0 Å². The van der Waals surface area contributed by atoms with Gasteiger partial charge >= 0.3 is 0 Å². The zero-order valence-corrected chi connectivity index (χ0v) is 17.6. The van der Waals surface area contributed by atoms with Gasteiger partial charge in [0.25, 0.3) is 5.91 Å². The van der Waals surface area contributed by atoms with E-state index in [9.17, 15) is 4.79 Å². The van der Waals surface area contributed by atoms with E-state index in [0.29, 0.717) is 23.1 Å². The predicted molar refractivity (Wildman–Crippen MR) is 117 cm³/mol. The topological polar surface area (TPSA) is 93.2 Å². The van der Waals surface area contributed by atoms with E-state index in [4.69, 9.17) is 5.73 Å². The van der Waals surface area contributed by atoms with Gasteiger partial charge < -0.3 is 10.6 Å². The van der Waals surface area contributed by atoms with Gasteiger partial charge in [-0.25, -0.2) is 0 Å². The summed E-state index contributed by atoms with van der Waals surface area (Å²) in [6, 6.07) is 11.7. The number of carbonyl (C=O) groups excluding carboxylic acids is 1. The summed E-state index contributed by atoms with van der Waals surface area (Å²) >= 11 is 0. The molecule has 30 heavy (non-hydrogen) atoms. The molecule has 0 atom stereocenters. The predicted octanol–water partition coefficient (Wildman–Crippen LogP) is 2.45. The molecule has 1 saturated heterocycles. The molecule has 1 aromatic carbocycles. The van der Waals surface area contributed by atoms with Gasteiger partial charge in [0.2, 0.25) is 11.8 Å². The highest BCUT2D eigenvalue weighted by atomic mass is 16.2. The summed E-state index contributed by atoms with van der Waals surface area (Å²) in [5, 5.41) is 4.28. The lowest BCUT2D eigenvalue weighted by atomic mass is 10.1. The van der Waals surface area contributed by atoms with Crippen molar-refractivity contribution in [3.8, 4) is 11.5 Å². The van der Waals surface area contributed by atoms with E-state index in [1.165, 1.54) is 0 Å². The van der Waals surface area contributed by atoms with Crippen LogP contribution in [0.1, 0.15) is 29.8 Å². The molecule has 0 spiro atoms. The number of pyridine rings is 1. The third-order valence-corrected chi connectivity index (χ3v) is 5.55. The maximum Gasteiger partial charge on any atom is 0.281 e. The van der Waals surface area contributed by atoms with Gasteiger partial charge in [-0.05, 0) is 56.7 Å². The van der Waals surface area contributed by atoms with E-state index >= 15 is 0 Å². The number of benzene rings is 1. The number of hydrogen-bond donors (Lipinski definition) is 1. The summed E-state index contributed by atoms with van der Waals surface area (Å²) < 4.78 is 1.14. The molecule has 3 aromatic rings. The Morgan fingerprint density at radius 3 is 2.50 bits per heavy atom. The van der Waals surface area contributed by atoms with Crippen molar-refractivity contribution in [2.24, 2.45) is 0 Å². The van der Waals surface area contributed by atoms with Crippen LogP contribution in [0.3, 0.4) is 0 Å². The molecule has 2 N–H and O–H groups in total. The van der Waals surface area contributed by atoms with Crippen LogP contribution in [0.15, 0.2) is 42.6 Å². The number of aromatic nitrogens is 4. The SMILES string of the molecule is Cc1cc(C(=O)n2nc(-c3ccccn3)nc2N)ccc1N1CCN(C(C)C)CC1. The summed E-state index contributed by atoms with van der Waals surface area (Å²) in [5.74, 6) is 0.0754. The quantitative estimate of drug-likeness (QED) is 0.713. The van der Waals surface area contributed by atoms with Crippen LogP contribution >= 0.6 is 0 Å². The van der Waals surface area contributed by atoms with Crippen molar-refractivity contribution in [2.45, 2.75) is 26.8 Å². The van der Waals surface area contributed by atoms with Crippen LogP contribution in [0.2, 0.25) is 0 Å². The molecular weight excluding hydrogens is 378 g/mol. The van der Waals surface area contributed by atoms with Gasteiger partial charge in [0, 0.05) is 49.7 Å². The Bertz CT molecular complexity index is 1040. The Labute approximate surface area is 176 Å². The molecule has 8 nitrogen and oxygen atoms in total. The molecule has 4 rings (SSSR count). The highest BCUT2D eigenvalue weighted by molar-refractivity contribution is 5.97. The number of anilines is 2. The Hall–Kier alpha value is -3.26. The zero-order valence-electron chi connectivity index (χ0n) is 17.6. The third kappa shape index (κ3) is 3.91. The van der Waals surface area contributed by atoms with Gasteiger partial charge in [0.15, 0.2) is 0 Å². The average Bonchev–Trinajstić information content (AvgIpc) is 3.15. The lowest BCUT2D eigenvalue weighted by molar-refractivity contribution is 0.0948. The fraction of sp³-hybridized carbons (Fsp3) is 0.364. The van der Waals surface area contributed by atoms with Gasteiger partial charge in [-0.15, -0.1) is 5.10 Å². The maximum absolute atomic E-state index is 13.0. The fourth-order valence-corrected chi connectivity index (χ4v) is 3.82. The molecule has 0 saturated carbocycles. The first-order valence-corrected chi connectivity index (χ1v) is 10.2. The molecule has 1 aliphatic heterocycles. The molecule has 1 fully saturated rings. The van der Waals surface area contributed by atoms with Crippen molar-refractivity contribution in [3.05, 3.63) is 53.7 Å². The second kappa shape index (κ2) is 8.23. The van der Waals surface area contributed by atoms with E-state index in [1.807, 2.05) is 37.3 Å². The lowest BCUT2D eigenvalue weighted by Gasteiger charge is -2.38. The molecule has 0 unspecified atom stereocenters. The number of nitrogens with zero attached hydrogens (tertiary/aromatic N) is 6. The Kier molecular flexibility index (Phi) is 5.50. The minimum Gasteiger partial charge on any atom is -0.369 e. The first-order chi connectivity index (χ1) is 14.4. The summed E-state index contributed by atoms with van der Waals surface area (Å²) in [7, 11) is 0. The number of carbonyl (C=O) groups is 1. The van der Waals surface area contributed by atoms with E-state index < -0.39 is 0 Å². The second-order valence-electron chi connectivity index (χ2n) is 7.84. The molecule has 0 amide bonds. The van der Waals surface area contributed by atoms with Crippen molar-refractivity contribution in [3.63, 3.8) is 0 Å². The number of piperazine rings is 1. The Balaban J connectivity index is 1.54. The molecule has 0 aliphatic carbocycles. The van der Waals surface area contributed by atoms with Crippen molar-refractivity contribution in [1.29, 1.82) is 0 Å². The number of nitrogen functional groups attached to an aromatic ring is 1. The Morgan fingerprint density at radius 2 is 1.87 bits per heavy atom. The number of aryl methyl sites for hydroxylation is 1. The minimum absolute atomic E-state index is 0.0483. The molecule has 8 heteroatoms. The molecule has 2 aromatic heterocycles. The van der Waals surface area contributed by atoms with Gasteiger partial charge in [-0.3, -0.25) is 14.7 Å². The second-order valence-corrected chi connectivity index (χ2v) is 7.84. The van der Waals surface area contributed by atoms with Crippen molar-refractivity contribution >= 4 is 17.5 Å². The third-order valence-electron chi connectivity index (χ3n) is 5.55. The summed E-state index contributed by atoms with van der Waals surface area (Å²) in [6.45, 7) is 10.6. The number of hydrogen-bond acceptors (Lipinski definition) is 7. The number of nitrogens with two attached hydrogens (primary N) is 1. The van der Waals surface area contributed by atoms with Crippen LogP contribution in [0.25, 0.3) is 11.5 Å². The van der Waals surface area contributed by atoms with Gasteiger partial charge in [-0.2, -0.15) is 9.67 Å². The first kappa shape index (κ1) is 20.0. The summed E-state index contributed by atoms with van der Waals surface area (Å²) in [6.07, 6.45) is 1.65. The average molecular weight is 406 g/mol. The van der Waals surface area contributed by atoms with Crippen molar-refractivity contribution in [1.82, 2.24) is 24.6 Å². The monoisotopic (exact) mass is 405 g/mol. The van der Waals surface area contributed by atoms with Gasteiger partial charge in [0.05, 0.1) is 0 Å². The number of rotatable bonds is 4. The van der Waals surface area contributed by atoms with E-state index in [0.717, 1.165) is 42.1 Å². The normalized spacial score (nSPS) is 15.0. The lowest BCUT2D eigenvalue weighted by Crippen LogP contribution is -2.49. The van der Waals surface area contributed by atoms with E-state index in [2.05, 4.69) is 38.7 Å². The maximum atomic E-state index is 13.0. The fourth-order valence-electron chi connectivity index (χ4n) is 3.82. The molecular formula is C22H27N7O. The van der Waals surface area contributed by atoms with E-state index in [1.54, 1.807) is 12.3 Å². The highest BCUT2D eigenvalue weighted by Crippen LogP contribution is 2.24. The highest BCUT2D eigenvalue weighted by Gasteiger charge is 2.22. The zero-order chi connectivity index (χ0) is 21.3. The largest absolute Gasteiger partial charge is 0.369 e. The molecule has 1 aliphatic rings. The van der Waals surface area contributed by atoms with Crippen LogP contribution in [0.4, 0.5) is 11.6 Å². The molecule has 156 valence electrons. The Morgan fingerprint density at radius 1 is 1.10 bits per heavy atom. The van der Waals surface area contributed by atoms with Crippen molar-refractivity contribution < 1.29 is 4.79 Å². The van der Waals surface area contributed by atoms with Gasteiger partial charge in [0.1, 0.15) is 5.69 Å². The molecule has 3 heterocycles. The molecule has 0 radical (unpaired) electrons. The van der Waals surface area contributed by atoms with Crippen LogP contribution < -0.4 is 10.6 Å². The van der Waals surface area contributed by atoms with Gasteiger partial charge in [-0.1, -0.05) is 6.07 Å². The first-order valence-electron chi connectivity index (χ1n) is 10.2. The van der Waals surface area contributed by atoms with E-state index in [-0.39, 0.29) is 11.9 Å².